The first-order valence-corrected chi connectivity index (χ1v) is 9.27. The summed E-state index contributed by atoms with van der Waals surface area (Å²) in [6.45, 7) is 3.68. The molecule has 2 aromatic carbocycles. The molecular formula is C21H19NO4S. The first-order valence-electron chi connectivity index (χ1n) is 8.45. The van der Waals surface area contributed by atoms with Crippen LogP contribution < -0.4 is 4.74 Å². The van der Waals surface area contributed by atoms with Gasteiger partial charge in [-0.3, -0.25) is 19.3 Å². The van der Waals surface area contributed by atoms with E-state index in [1.165, 1.54) is 12.5 Å². The smallest absolute Gasteiger partial charge is 0.293 e. The van der Waals surface area contributed by atoms with Crippen molar-refractivity contribution in [3.05, 3.63) is 70.1 Å². The van der Waals surface area contributed by atoms with Gasteiger partial charge in [0.25, 0.3) is 11.1 Å². The van der Waals surface area contributed by atoms with E-state index in [4.69, 9.17) is 4.74 Å². The zero-order chi connectivity index (χ0) is 19.4. The van der Waals surface area contributed by atoms with E-state index in [0.29, 0.717) is 11.5 Å². The van der Waals surface area contributed by atoms with Crippen LogP contribution in [0.2, 0.25) is 0 Å². The van der Waals surface area contributed by atoms with Gasteiger partial charge in [0.15, 0.2) is 0 Å². The molecule has 0 atom stereocenters. The van der Waals surface area contributed by atoms with Crippen LogP contribution in [-0.4, -0.2) is 28.4 Å². The molecule has 5 nitrogen and oxygen atoms in total. The van der Waals surface area contributed by atoms with Gasteiger partial charge in [-0.2, -0.15) is 0 Å². The molecule has 0 aliphatic carbocycles. The average molecular weight is 381 g/mol. The third-order valence-corrected chi connectivity index (χ3v) is 4.87. The number of Topliss-reactive ketones (excluding diaryl/α,β-unsaturated/α-hetero) is 1. The van der Waals surface area contributed by atoms with Crippen LogP contribution in [0.25, 0.3) is 6.08 Å². The average Bonchev–Trinajstić information content (AvgIpc) is 2.89. The molecule has 1 heterocycles. The Kier molecular flexibility index (Phi) is 5.76. The van der Waals surface area contributed by atoms with Crippen molar-refractivity contribution in [1.82, 2.24) is 4.90 Å². The lowest BCUT2D eigenvalue weighted by molar-refractivity contribution is -0.127. The van der Waals surface area contributed by atoms with Crippen molar-refractivity contribution in [3.63, 3.8) is 0 Å². The molecule has 2 aromatic rings. The third-order valence-electron chi connectivity index (χ3n) is 3.96. The van der Waals surface area contributed by atoms with E-state index in [0.717, 1.165) is 33.5 Å². The number of ketones is 1. The van der Waals surface area contributed by atoms with Gasteiger partial charge in [-0.25, -0.2) is 0 Å². The lowest BCUT2D eigenvalue weighted by atomic mass is 10.1. The van der Waals surface area contributed by atoms with Crippen LogP contribution in [0.15, 0.2) is 53.4 Å². The molecule has 0 N–H and O–H groups in total. The van der Waals surface area contributed by atoms with E-state index in [-0.39, 0.29) is 12.3 Å². The van der Waals surface area contributed by atoms with E-state index in [1.807, 2.05) is 55.5 Å². The summed E-state index contributed by atoms with van der Waals surface area (Å²) in [5.41, 5.74) is 3.07. The summed E-state index contributed by atoms with van der Waals surface area (Å²) in [6, 6.07) is 15.4. The normalized spacial score (nSPS) is 15.5. The summed E-state index contributed by atoms with van der Waals surface area (Å²) in [5.74, 6) is 0.0611. The second kappa shape index (κ2) is 8.22. The van der Waals surface area contributed by atoms with E-state index in [2.05, 4.69) is 0 Å². The number of imide groups is 1. The fourth-order valence-electron chi connectivity index (χ4n) is 2.52. The molecule has 6 heteroatoms. The number of benzene rings is 2. The fourth-order valence-corrected chi connectivity index (χ4v) is 3.36. The maximum Gasteiger partial charge on any atom is 0.293 e. The van der Waals surface area contributed by atoms with E-state index < -0.39 is 11.1 Å². The molecule has 0 saturated carbocycles. The highest BCUT2D eigenvalue weighted by atomic mass is 32.2. The summed E-state index contributed by atoms with van der Waals surface area (Å²) < 4.78 is 5.76. The van der Waals surface area contributed by atoms with E-state index in [9.17, 15) is 14.4 Å². The second-order valence-corrected chi connectivity index (χ2v) is 7.31. The minimum absolute atomic E-state index is 0.187. The minimum Gasteiger partial charge on any atom is -0.489 e. The maximum absolute atomic E-state index is 12.2. The number of ether oxygens (including phenoxy) is 1. The zero-order valence-corrected chi connectivity index (χ0v) is 15.9. The molecule has 1 saturated heterocycles. The standard InChI is InChI=1S/C21H19NO4S/c1-14-3-5-17(6-4-14)13-26-18-9-7-16(8-10-18)11-19-20(24)22(12-15(2)23)21(25)27-19/h3-11H,12-13H2,1-2H3/b19-11-. The Bertz CT molecular complexity index is 901. The molecule has 0 radical (unpaired) electrons. The summed E-state index contributed by atoms with van der Waals surface area (Å²) in [6.07, 6.45) is 1.65. The number of hydrogen-bond acceptors (Lipinski definition) is 5. The van der Waals surface area contributed by atoms with Crippen LogP contribution in [0.1, 0.15) is 23.6 Å². The van der Waals surface area contributed by atoms with Crippen LogP contribution in [0.5, 0.6) is 5.75 Å². The highest BCUT2D eigenvalue weighted by Gasteiger charge is 2.35. The van der Waals surface area contributed by atoms with Gasteiger partial charge >= 0.3 is 0 Å². The molecule has 3 rings (SSSR count). The first kappa shape index (κ1) is 18.9. The largest absolute Gasteiger partial charge is 0.489 e. The van der Waals surface area contributed by atoms with Gasteiger partial charge in [-0.05, 0) is 54.9 Å². The molecule has 1 aliphatic rings. The SMILES string of the molecule is CC(=O)CN1C(=O)S/C(=C\c2ccc(OCc3ccc(C)cc3)cc2)C1=O. The van der Waals surface area contributed by atoms with Crippen LogP contribution in [0.3, 0.4) is 0 Å². The number of hydrogen-bond donors (Lipinski definition) is 0. The van der Waals surface area contributed by atoms with Crippen molar-refractivity contribution in [1.29, 1.82) is 0 Å². The number of carbonyl (C=O) groups excluding carboxylic acids is 3. The predicted octanol–water partition coefficient (Wildman–Crippen LogP) is 4.20. The van der Waals surface area contributed by atoms with Crippen molar-refractivity contribution in [2.24, 2.45) is 0 Å². The lowest BCUT2D eigenvalue weighted by Gasteiger charge is -2.09. The predicted molar refractivity (Wildman–Crippen MR) is 105 cm³/mol. The van der Waals surface area contributed by atoms with Crippen molar-refractivity contribution in [3.8, 4) is 5.75 Å². The van der Waals surface area contributed by atoms with Gasteiger partial charge in [0.05, 0.1) is 11.4 Å². The molecule has 1 fully saturated rings. The Morgan fingerprint density at radius 2 is 1.74 bits per heavy atom. The van der Waals surface area contributed by atoms with Gasteiger partial charge in [0, 0.05) is 0 Å². The van der Waals surface area contributed by atoms with Crippen LogP contribution >= 0.6 is 11.8 Å². The van der Waals surface area contributed by atoms with Gasteiger partial charge < -0.3 is 4.74 Å². The minimum atomic E-state index is -0.431. The van der Waals surface area contributed by atoms with Gasteiger partial charge in [0.1, 0.15) is 18.1 Å². The van der Waals surface area contributed by atoms with Crippen molar-refractivity contribution >= 4 is 34.8 Å². The Morgan fingerprint density at radius 3 is 2.37 bits per heavy atom. The molecule has 27 heavy (non-hydrogen) atoms. The summed E-state index contributed by atoms with van der Waals surface area (Å²) in [4.78, 5) is 36.6. The Hall–Kier alpha value is -2.86. The number of nitrogens with zero attached hydrogens (tertiary/aromatic N) is 1. The first-order chi connectivity index (χ1) is 12.9. The van der Waals surface area contributed by atoms with Crippen LogP contribution in [0, 0.1) is 6.92 Å². The third kappa shape index (κ3) is 4.86. The molecule has 1 aliphatic heterocycles. The Morgan fingerprint density at radius 1 is 1.07 bits per heavy atom. The second-order valence-electron chi connectivity index (χ2n) is 6.31. The Labute approximate surface area is 162 Å². The van der Waals surface area contributed by atoms with Crippen molar-refractivity contribution in [2.75, 3.05) is 6.54 Å². The van der Waals surface area contributed by atoms with Gasteiger partial charge in [0.2, 0.25) is 0 Å². The summed E-state index contributed by atoms with van der Waals surface area (Å²) in [5, 5.41) is -0.417. The summed E-state index contributed by atoms with van der Waals surface area (Å²) >= 11 is 0.847. The molecule has 0 bridgehead atoms. The van der Waals surface area contributed by atoms with Crippen LogP contribution in [-0.2, 0) is 16.2 Å². The number of carbonyl (C=O) groups is 3. The topological polar surface area (TPSA) is 63.7 Å². The van der Waals surface area contributed by atoms with Gasteiger partial charge in [-0.15, -0.1) is 0 Å². The molecule has 0 aromatic heterocycles. The summed E-state index contributed by atoms with van der Waals surface area (Å²) in [7, 11) is 0. The number of amides is 2. The van der Waals surface area contributed by atoms with Crippen LogP contribution in [0.4, 0.5) is 4.79 Å². The fraction of sp³-hybridized carbons (Fsp3) is 0.190. The molecule has 2 amide bonds. The van der Waals surface area contributed by atoms with E-state index >= 15 is 0 Å². The van der Waals surface area contributed by atoms with Crippen molar-refractivity contribution < 1.29 is 19.1 Å². The quantitative estimate of drug-likeness (QED) is 0.702. The molecule has 138 valence electrons. The van der Waals surface area contributed by atoms with E-state index in [1.54, 1.807) is 6.08 Å². The molecule has 0 unspecified atom stereocenters. The lowest BCUT2D eigenvalue weighted by Crippen LogP contribution is -2.32. The molecular weight excluding hydrogens is 362 g/mol. The highest BCUT2D eigenvalue weighted by molar-refractivity contribution is 8.18. The van der Waals surface area contributed by atoms with Crippen molar-refractivity contribution in [2.45, 2.75) is 20.5 Å². The zero-order valence-electron chi connectivity index (χ0n) is 15.1. The Balaban J connectivity index is 1.64. The highest BCUT2D eigenvalue weighted by Crippen LogP contribution is 2.32. The monoisotopic (exact) mass is 381 g/mol. The molecule has 0 spiro atoms. The van der Waals surface area contributed by atoms with Gasteiger partial charge in [-0.1, -0.05) is 42.0 Å². The number of rotatable bonds is 6. The number of aryl methyl sites for hydroxylation is 1. The maximum atomic E-state index is 12.2. The number of thioether (sulfide) groups is 1.